The molecule has 1 amide bonds. The van der Waals surface area contributed by atoms with Crippen molar-refractivity contribution in [3.05, 3.63) is 59.7 Å². The minimum atomic E-state index is -1.03. The van der Waals surface area contributed by atoms with Crippen LogP contribution in [0.3, 0.4) is 0 Å². The number of fused-ring (bicyclic) bond motifs is 1. The van der Waals surface area contributed by atoms with E-state index in [1.165, 1.54) is 12.1 Å². The highest BCUT2D eigenvalue weighted by Gasteiger charge is 2.28. The summed E-state index contributed by atoms with van der Waals surface area (Å²) < 4.78 is 39.7. The molecule has 0 saturated carbocycles. The predicted octanol–water partition coefficient (Wildman–Crippen LogP) is 2.96. The lowest BCUT2D eigenvalue weighted by Crippen LogP contribution is -2.42. The molecule has 4 heterocycles. The average Bonchev–Trinajstić information content (AvgIpc) is 2.90. The van der Waals surface area contributed by atoms with Crippen molar-refractivity contribution in [3.8, 4) is 17.4 Å². The topological polar surface area (TPSA) is 93.6 Å². The SMILES string of the molecule is CC1c2cnc(-c3ncccn3)nc2CCN1c1cc(F)c(F)c(OCCCN2CCOCC2=O)c1. The fourth-order valence-corrected chi connectivity index (χ4v) is 4.48. The minimum absolute atomic E-state index is 0.0757. The van der Waals surface area contributed by atoms with Gasteiger partial charge < -0.3 is 19.3 Å². The van der Waals surface area contributed by atoms with Crippen molar-refractivity contribution < 1.29 is 23.0 Å². The molecule has 0 aliphatic carbocycles. The molecule has 0 spiro atoms. The molecule has 11 heteroatoms. The van der Waals surface area contributed by atoms with Crippen LogP contribution in [-0.2, 0) is 16.0 Å². The third-order valence-corrected chi connectivity index (χ3v) is 6.40. The number of hydrogen-bond donors (Lipinski definition) is 0. The van der Waals surface area contributed by atoms with E-state index in [0.29, 0.717) is 56.4 Å². The van der Waals surface area contributed by atoms with Crippen LogP contribution in [-0.4, -0.2) is 70.2 Å². The molecule has 1 unspecified atom stereocenters. The number of nitrogens with zero attached hydrogens (tertiary/aromatic N) is 6. The lowest BCUT2D eigenvalue weighted by Gasteiger charge is -2.36. The Labute approximate surface area is 207 Å². The molecule has 36 heavy (non-hydrogen) atoms. The van der Waals surface area contributed by atoms with E-state index < -0.39 is 11.6 Å². The van der Waals surface area contributed by atoms with Gasteiger partial charge in [-0.05, 0) is 19.4 Å². The van der Waals surface area contributed by atoms with Crippen molar-refractivity contribution in [3.63, 3.8) is 0 Å². The summed E-state index contributed by atoms with van der Waals surface area (Å²) in [6.07, 6.45) is 6.12. The molecule has 1 fully saturated rings. The number of hydrogen-bond acceptors (Lipinski definition) is 8. The monoisotopic (exact) mass is 496 g/mol. The van der Waals surface area contributed by atoms with Gasteiger partial charge >= 0.3 is 0 Å². The quantitative estimate of drug-likeness (QED) is 0.461. The fourth-order valence-electron chi connectivity index (χ4n) is 4.48. The Hall–Kier alpha value is -3.73. The first-order chi connectivity index (χ1) is 17.5. The molecule has 0 N–H and O–H groups in total. The van der Waals surface area contributed by atoms with Crippen LogP contribution in [0.5, 0.6) is 5.75 Å². The Bertz CT molecular complexity index is 1250. The molecule has 9 nitrogen and oxygen atoms in total. The first-order valence-corrected chi connectivity index (χ1v) is 11.9. The normalized spacial score (nSPS) is 17.8. The number of anilines is 1. The van der Waals surface area contributed by atoms with Crippen LogP contribution < -0.4 is 9.64 Å². The predicted molar refractivity (Wildman–Crippen MR) is 126 cm³/mol. The molecule has 1 saturated heterocycles. The molecule has 188 valence electrons. The van der Waals surface area contributed by atoms with Crippen molar-refractivity contribution in [1.82, 2.24) is 24.8 Å². The van der Waals surface area contributed by atoms with Gasteiger partial charge in [-0.25, -0.2) is 24.3 Å². The minimum Gasteiger partial charge on any atom is -0.490 e. The maximum atomic E-state index is 14.5. The maximum Gasteiger partial charge on any atom is 0.248 e. The second-order valence-electron chi connectivity index (χ2n) is 8.66. The van der Waals surface area contributed by atoms with Crippen LogP contribution in [0.4, 0.5) is 14.5 Å². The number of carbonyl (C=O) groups is 1. The molecule has 5 rings (SSSR count). The van der Waals surface area contributed by atoms with Gasteiger partial charge in [0.25, 0.3) is 0 Å². The molecular weight excluding hydrogens is 470 g/mol. The van der Waals surface area contributed by atoms with Gasteiger partial charge in [-0.2, -0.15) is 4.39 Å². The van der Waals surface area contributed by atoms with Gasteiger partial charge in [-0.1, -0.05) is 0 Å². The summed E-state index contributed by atoms with van der Waals surface area (Å²) in [7, 11) is 0. The van der Waals surface area contributed by atoms with E-state index in [4.69, 9.17) is 9.47 Å². The molecule has 0 radical (unpaired) electrons. The summed E-state index contributed by atoms with van der Waals surface area (Å²) in [5, 5.41) is 0. The lowest BCUT2D eigenvalue weighted by molar-refractivity contribution is -0.142. The highest BCUT2D eigenvalue weighted by Crippen LogP contribution is 2.36. The smallest absolute Gasteiger partial charge is 0.248 e. The van der Waals surface area contributed by atoms with Crippen molar-refractivity contribution >= 4 is 11.6 Å². The fraction of sp³-hybridized carbons (Fsp3) is 0.400. The molecule has 3 aromatic rings. The average molecular weight is 497 g/mol. The number of aromatic nitrogens is 4. The van der Waals surface area contributed by atoms with Gasteiger partial charge in [0.05, 0.1) is 24.9 Å². The van der Waals surface area contributed by atoms with Crippen LogP contribution in [0.2, 0.25) is 0 Å². The molecule has 0 bridgehead atoms. The summed E-state index contributed by atoms with van der Waals surface area (Å²) in [6.45, 7) is 4.26. The molecule has 2 aromatic heterocycles. The van der Waals surface area contributed by atoms with Crippen LogP contribution in [0.1, 0.15) is 30.6 Å². The van der Waals surface area contributed by atoms with Gasteiger partial charge in [-0.15, -0.1) is 0 Å². The number of ether oxygens (including phenoxy) is 2. The summed E-state index contributed by atoms with van der Waals surface area (Å²) in [4.78, 5) is 33.0. The number of halogens is 2. The number of morpholine rings is 1. The van der Waals surface area contributed by atoms with Crippen molar-refractivity contribution in [2.24, 2.45) is 0 Å². The van der Waals surface area contributed by atoms with E-state index in [2.05, 4.69) is 19.9 Å². The second-order valence-corrected chi connectivity index (χ2v) is 8.66. The first-order valence-electron chi connectivity index (χ1n) is 11.9. The highest BCUT2D eigenvalue weighted by molar-refractivity contribution is 5.77. The van der Waals surface area contributed by atoms with Gasteiger partial charge in [0.2, 0.25) is 11.7 Å². The van der Waals surface area contributed by atoms with E-state index >= 15 is 0 Å². The standard InChI is InChI=1S/C25H26F2N6O3/c1-16-18-14-30-25(24-28-5-2-6-29-24)31-20(18)4-8-33(16)17-12-19(26)23(27)21(13-17)36-10-3-7-32-9-11-35-15-22(32)34/h2,5-6,12-14,16H,3-4,7-11,15H2,1H3. The zero-order valence-electron chi connectivity index (χ0n) is 19.9. The molecule has 1 aromatic carbocycles. The Kier molecular flexibility index (Phi) is 6.99. The van der Waals surface area contributed by atoms with Gasteiger partial charge in [0.1, 0.15) is 6.61 Å². The van der Waals surface area contributed by atoms with Gasteiger partial charge in [-0.3, -0.25) is 4.79 Å². The van der Waals surface area contributed by atoms with Gasteiger partial charge in [0.15, 0.2) is 23.2 Å². The Balaban J connectivity index is 1.28. The largest absolute Gasteiger partial charge is 0.490 e. The molecule has 1 atom stereocenters. The van der Waals surface area contributed by atoms with Crippen molar-refractivity contribution in [2.45, 2.75) is 25.8 Å². The van der Waals surface area contributed by atoms with Gasteiger partial charge in [0, 0.05) is 68.0 Å². The summed E-state index contributed by atoms with van der Waals surface area (Å²) in [5.74, 6) is -1.32. The molecule has 2 aliphatic heterocycles. The third kappa shape index (κ3) is 4.97. The first kappa shape index (κ1) is 24.0. The van der Waals surface area contributed by atoms with E-state index in [0.717, 1.165) is 11.3 Å². The molecular formula is C25H26F2N6O3. The number of benzene rings is 1. The maximum absolute atomic E-state index is 14.5. The summed E-state index contributed by atoms with van der Waals surface area (Å²) in [6, 6.07) is 4.27. The number of rotatable bonds is 7. The number of amides is 1. The van der Waals surface area contributed by atoms with Crippen LogP contribution >= 0.6 is 0 Å². The van der Waals surface area contributed by atoms with Crippen LogP contribution in [0.15, 0.2) is 36.8 Å². The van der Waals surface area contributed by atoms with Crippen LogP contribution in [0.25, 0.3) is 11.6 Å². The van der Waals surface area contributed by atoms with Crippen molar-refractivity contribution in [2.75, 3.05) is 44.4 Å². The number of carbonyl (C=O) groups excluding carboxylic acids is 1. The van der Waals surface area contributed by atoms with Crippen molar-refractivity contribution in [1.29, 1.82) is 0 Å². The van der Waals surface area contributed by atoms with Crippen LogP contribution in [0, 0.1) is 11.6 Å². The summed E-state index contributed by atoms with van der Waals surface area (Å²) in [5.41, 5.74) is 2.30. The Morgan fingerprint density at radius 2 is 1.97 bits per heavy atom. The zero-order chi connectivity index (χ0) is 25.1. The summed E-state index contributed by atoms with van der Waals surface area (Å²) >= 11 is 0. The van der Waals surface area contributed by atoms with E-state index in [-0.39, 0.29) is 30.9 Å². The highest BCUT2D eigenvalue weighted by atomic mass is 19.2. The lowest BCUT2D eigenvalue weighted by atomic mass is 9.98. The zero-order valence-corrected chi connectivity index (χ0v) is 19.9. The van der Waals surface area contributed by atoms with E-state index in [1.54, 1.807) is 29.6 Å². The Morgan fingerprint density at radius 1 is 1.14 bits per heavy atom. The van der Waals surface area contributed by atoms with E-state index in [1.807, 2.05) is 11.8 Å². The third-order valence-electron chi connectivity index (χ3n) is 6.40. The Morgan fingerprint density at radius 3 is 2.78 bits per heavy atom. The molecule has 2 aliphatic rings. The second kappa shape index (κ2) is 10.5. The van der Waals surface area contributed by atoms with E-state index in [9.17, 15) is 13.6 Å².